The molecular formula is C38H36N2O8. The number of methoxy groups -OCH3 is 1. The largest absolute Gasteiger partial charge is 0.481 e. The molecule has 1 aromatic heterocycles. The molecule has 5 aromatic rings. The lowest BCUT2D eigenvalue weighted by Crippen LogP contribution is -2.43. The molecule has 0 saturated heterocycles. The van der Waals surface area contributed by atoms with Gasteiger partial charge in [0.25, 0.3) is 0 Å². The average Bonchev–Trinajstić information content (AvgIpc) is 3.51. The molecule has 3 atom stereocenters. The van der Waals surface area contributed by atoms with E-state index in [2.05, 4.69) is 4.98 Å². The first-order chi connectivity index (χ1) is 23.1. The van der Waals surface area contributed by atoms with Crippen LogP contribution in [0, 0.1) is 5.92 Å². The Labute approximate surface area is 277 Å². The van der Waals surface area contributed by atoms with Crippen molar-refractivity contribution in [3.8, 4) is 0 Å². The molecule has 4 aromatic carbocycles. The number of aromatic nitrogens is 1. The Kier molecular flexibility index (Phi) is 10.6. The monoisotopic (exact) mass is 648 g/mol. The molecule has 246 valence electrons. The van der Waals surface area contributed by atoms with Crippen molar-refractivity contribution in [3.05, 3.63) is 120 Å². The molecule has 0 saturated carbocycles. The number of carboxylic acids is 2. The molecular weight excluding hydrogens is 612 g/mol. The maximum Gasteiger partial charge on any atom is 0.337 e. The van der Waals surface area contributed by atoms with E-state index in [1.54, 1.807) is 23.1 Å². The summed E-state index contributed by atoms with van der Waals surface area (Å²) in [6.45, 7) is 2.05. The van der Waals surface area contributed by atoms with Gasteiger partial charge >= 0.3 is 17.9 Å². The first-order valence-electron chi connectivity index (χ1n) is 15.5. The predicted octanol–water partition coefficient (Wildman–Crippen LogP) is 6.94. The first kappa shape index (κ1) is 33.6. The molecule has 0 aliphatic carbocycles. The number of esters is 1. The van der Waals surface area contributed by atoms with Crippen LogP contribution < -0.4 is 0 Å². The van der Waals surface area contributed by atoms with Gasteiger partial charge in [-0.05, 0) is 71.7 Å². The molecule has 0 bridgehead atoms. The normalized spacial score (nSPS) is 13.3. The summed E-state index contributed by atoms with van der Waals surface area (Å²) in [7, 11) is 1.31. The number of rotatable bonds is 14. The fourth-order valence-corrected chi connectivity index (χ4v) is 5.87. The second-order valence-electron chi connectivity index (χ2n) is 11.7. The standard InChI is InChI=1S/C38H36N2O8/c1-24(40(35(41)21-30(37(44)45)22-36(42)43)23-25-14-15-26-8-3-4-9-29(26)20-25)31(27-16-18-28(19-17-27)38(46)47-2)10-7-13-34-39-32-11-5-6-12-33(32)48-34/h3-9,11-20,24,30-31H,10,21-23H2,1-2H3,(H,42,43)(H,44,45). The summed E-state index contributed by atoms with van der Waals surface area (Å²) >= 11 is 0. The minimum atomic E-state index is -1.39. The zero-order chi connectivity index (χ0) is 34.2. The maximum atomic E-state index is 14.0. The third-order valence-corrected chi connectivity index (χ3v) is 8.47. The number of carbonyl (C=O) groups is 4. The lowest BCUT2D eigenvalue weighted by Gasteiger charge is -2.36. The number of amides is 1. The number of fused-ring (bicyclic) bond motifs is 2. The lowest BCUT2D eigenvalue weighted by atomic mass is 9.87. The molecule has 10 nitrogen and oxygen atoms in total. The number of ether oxygens (including phenoxy) is 1. The third-order valence-electron chi connectivity index (χ3n) is 8.47. The summed E-state index contributed by atoms with van der Waals surface area (Å²) in [6, 6.07) is 27.6. The molecule has 3 unspecified atom stereocenters. The fourth-order valence-electron chi connectivity index (χ4n) is 5.87. The van der Waals surface area contributed by atoms with Crippen molar-refractivity contribution in [2.24, 2.45) is 5.92 Å². The van der Waals surface area contributed by atoms with Gasteiger partial charge in [-0.15, -0.1) is 0 Å². The van der Waals surface area contributed by atoms with Gasteiger partial charge in [0.1, 0.15) is 5.52 Å². The number of hydrogen-bond acceptors (Lipinski definition) is 7. The zero-order valence-electron chi connectivity index (χ0n) is 26.6. The van der Waals surface area contributed by atoms with Crippen molar-refractivity contribution in [2.45, 2.75) is 44.7 Å². The van der Waals surface area contributed by atoms with Crippen LogP contribution in [0.1, 0.15) is 59.5 Å². The molecule has 0 spiro atoms. The Morgan fingerprint density at radius 3 is 2.29 bits per heavy atom. The van der Waals surface area contributed by atoms with Crippen LogP contribution in [0.2, 0.25) is 0 Å². The van der Waals surface area contributed by atoms with E-state index >= 15 is 0 Å². The summed E-state index contributed by atoms with van der Waals surface area (Å²) in [4.78, 5) is 55.8. The van der Waals surface area contributed by atoms with Gasteiger partial charge in [0.05, 0.1) is 25.0 Å². The van der Waals surface area contributed by atoms with E-state index in [0.29, 0.717) is 23.5 Å². The van der Waals surface area contributed by atoms with Crippen molar-refractivity contribution >= 4 is 51.8 Å². The summed E-state index contributed by atoms with van der Waals surface area (Å²) < 4.78 is 10.7. The van der Waals surface area contributed by atoms with Crippen molar-refractivity contribution in [1.29, 1.82) is 0 Å². The predicted molar refractivity (Wildman–Crippen MR) is 180 cm³/mol. The highest BCUT2D eigenvalue weighted by Gasteiger charge is 2.32. The zero-order valence-corrected chi connectivity index (χ0v) is 26.6. The summed E-state index contributed by atoms with van der Waals surface area (Å²) in [5.41, 5.74) is 3.41. The minimum absolute atomic E-state index is 0.163. The second-order valence-corrected chi connectivity index (χ2v) is 11.7. The Bertz CT molecular complexity index is 1930. The molecule has 5 rings (SSSR count). The summed E-state index contributed by atoms with van der Waals surface area (Å²) in [5.74, 6) is -4.90. The number of carbonyl (C=O) groups excluding carboxylic acids is 2. The molecule has 48 heavy (non-hydrogen) atoms. The van der Waals surface area contributed by atoms with Crippen LogP contribution in [-0.4, -0.2) is 57.1 Å². The summed E-state index contributed by atoms with van der Waals surface area (Å²) in [5, 5.41) is 21.1. The molecule has 0 fully saturated rings. The second kappa shape index (κ2) is 15.2. The topological polar surface area (TPSA) is 147 Å². The van der Waals surface area contributed by atoms with Gasteiger partial charge in [-0.3, -0.25) is 14.4 Å². The molecule has 0 aliphatic rings. The maximum absolute atomic E-state index is 14.0. The Morgan fingerprint density at radius 1 is 0.896 bits per heavy atom. The average molecular weight is 649 g/mol. The minimum Gasteiger partial charge on any atom is -0.481 e. The molecule has 10 heteroatoms. The highest BCUT2D eigenvalue weighted by molar-refractivity contribution is 5.89. The van der Waals surface area contributed by atoms with Crippen LogP contribution in [0.15, 0.2) is 101 Å². The number of carboxylic acid groups (broad SMARTS) is 2. The van der Waals surface area contributed by atoms with E-state index in [1.165, 1.54) is 7.11 Å². The van der Waals surface area contributed by atoms with Gasteiger partial charge in [-0.2, -0.15) is 0 Å². The van der Waals surface area contributed by atoms with Crippen LogP contribution in [0.25, 0.3) is 27.9 Å². The highest BCUT2D eigenvalue weighted by atomic mass is 16.5. The fraction of sp³-hybridized carbons (Fsp3) is 0.237. The number of nitrogens with zero attached hydrogens (tertiary/aromatic N) is 2. The molecule has 1 amide bonds. The van der Waals surface area contributed by atoms with Gasteiger partial charge in [-0.25, -0.2) is 9.78 Å². The lowest BCUT2D eigenvalue weighted by molar-refractivity contribution is -0.151. The Balaban J connectivity index is 1.51. The number of aliphatic carboxylic acids is 2. The molecule has 1 heterocycles. The number of allylic oxidation sites excluding steroid dienone is 1. The third kappa shape index (κ3) is 8.14. The van der Waals surface area contributed by atoms with Crippen molar-refractivity contribution in [2.75, 3.05) is 7.11 Å². The van der Waals surface area contributed by atoms with Crippen LogP contribution in [0.4, 0.5) is 0 Å². The van der Waals surface area contributed by atoms with Gasteiger partial charge in [0, 0.05) is 24.9 Å². The van der Waals surface area contributed by atoms with Crippen molar-refractivity contribution in [1.82, 2.24) is 9.88 Å². The van der Waals surface area contributed by atoms with Crippen molar-refractivity contribution < 1.29 is 38.5 Å². The van der Waals surface area contributed by atoms with E-state index < -0.39 is 48.6 Å². The van der Waals surface area contributed by atoms with E-state index in [-0.39, 0.29) is 12.5 Å². The van der Waals surface area contributed by atoms with Crippen LogP contribution in [0.5, 0.6) is 0 Å². The van der Waals surface area contributed by atoms with E-state index in [9.17, 15) is 29.4 Å². The first-order valence-corrected chi connectivity index (χ1v) is 15.5. The van der Waals surface area contributed by atoms with Gasteiger partial charge in [0.2, 0.25) is 11.8 Å². The Hall–Kier alpha value is -5.77. The number of oxazole rings is 1. The van der Waals surface area contributed by atoms with Gasteiger partial charge < -0.3 is 24.3 Å². The van der Waals surface area contributed by atoms with Crippen LogP contribution in [-0.2, 0) is 25.7 Å². The number of para-hydroxylation sites is 2. The van der Waals surface area contributed by atoms with Crippen molar-refractivity contribution in [3.63, 3.8) is 0 Å². The van der Waals surface area contributed by atoms with E-state index in [0.717, 1.165) is 27.4 Å². The number of benzene rings is 4. The van der Waals surface area contributed by atoms with E-state index in [1.807, 2.05) is 91.9 Å². The van der Waals surface area contributed by atoms with Crippen LogP contribution in [0.3, 0.4) is 0 Å². The highest BCUT2D eigenvalue weighted by Crippen LogP contribution is 2.31. The molecule has 0 radical (unpaired) electrons. The summed E-state index contributed by atoms with van der Waals surface area (Å²) in [6.07, 6.45) is 2.95. The van der Waals surface area contributed by atoms with Gasteiger partial charge in [0.15, 0.2) is 5.58 Å². The smallest absolute Gasteiger partial charge is 0.337 e. The quantitative estimate of drug-likeness (QED) is 0.122. The number of hydrogen-bond donors (Lipinski definition) is 2. The van der Waals surface area contributed by atoms with E-state index in [4.69, 9.17) is 9.15 Å². The van der Waals surface area contributed by atoms with Gasteiger partial charge in [-0.1, -0.05) is 66.7 Å². The Morgan fingerprint density at radius 2 is 1.60 bits per heavy atom. The SMILES string of the molecule is COC(=O)c1ccc(C(CC=Cc2nc3ccccc3o2)C(C)N(Cc2ccc3ccccc3c2)C(=O)CC(CC(=O)O)C(=O)O)cc1. The molecule has 2 N–H and O–H groups in total. The molecule has 0 aliphatic heterocycles. The van der Waals surface area contributed by atoms with Crippen LogP contribution >= 0.6 is 0 Å².